The highest BCUT2D eigenvalue weighted by atomic mass is 35.5. The summed E-state index contributed by atoms with van der Waals surface area (Å²) in [5, 5.41) is 0.187. The summed E-state index contributed by atoms with van der Waals surface area (Å²) in [4.78, 5) is -0.0517. The van der Waals surface area contributed by atoms with Gasteiger partial charge in [-0.05, 0) is 31.9 Å². The van der Waals surface area contributed by atoms with E-state index in [-0.39, 0.29) is 20.6 Å². The van der Waals surface area contributed by atoms with Gasteiger partial charge in [0.1, 0.15) is 4.90 Å². The summed E-state index contributed by atoms with van der Waals surface area (Å²) in [5.74, 6) is 0. The third-order valence-electron chi connectivity index (χ3n) is 3.32. The number of sulfonamides is 1. The predicted octanol–water partition coefficient (Wildman–Crippen LogP) is 3.43. The lowest BCUT2D eigenvalue weighted by atomic mass is 9.98. The maximum absolute atomic E-state index is 12.4. The van der Waals surface area contributed by atoms with Gasteiger partial charge in [-0.15, -0.1) is 0 Å². The summed E-state index contributed by atoms with van der Waals surface area (Å²) in [6.07, 6.45) is 1.34. The molecule has 0 radical (unpaired) electrons. The second kappa shape index (κ2) is 5.87. The van der Waals surface area contributed by atoms with Crippen molar-refractivity contribution in [1.29, 1.82) is 0 Å². The first kappa shape index (κ1) is 16.6. The number of nitrogens with one attached hydrogen (secondary N) is 1. The second-order valence-electron chi connectivity index (χ2n) is 4.65. The molecule has 3 N–H and O–H groups in total. The molecule has 0 saturated carbocycles. The van der Waals surface area contributed by atoms with Crippen LogP contribution in [0.15, 0.2) is 17.0 Å². The average molecular weight is 325 g/mol. The van der Waals surface area contributed by atoms with Crippen molar-refractivity contribution < 1.29 is 8.42 Å². The fourth-order valence-corrected chi connectivity index (χ4v) is 3.85. The molecule has 0 unspecified atom stereocenters. The van der Waals surface area contributed by atoms with E-state index >= 15 is 0 Å². The topological polar surface area (TPSA) is 72.2 Å². The molecule has 108 valence electrons. The smallest absolute Gasteiger partial charge is 0.242 e. The van der Waals surface area contributed by atoms with Crippen LogP contribution >= 0.6 is 23.2 Å². The van der Waals surface area contributed by atoms with E-state index in [0.29, 0.717) is 12.8 Å². The van der Waals surface area contributed by atoms with E-state index in [0.717, 1.165) is 0 Å². The molecule has 1 aromatic carbocycles. The van der Waals surface area contributed by atoms with E-state index in [9.17, 15) is 8.42 Å². The molecule has 0 atom stereocenters. The van der Waals surface area contributed by atoms with Crippen molar-refractivity contribution in [3.8, 4) is 0 Å². The van der Waals surface area contributed by atoms with Gasteiger partial charge in [-0.1, -0.05) is 37.0 Å². The second-order valence-corrected chi connectivity index (χ2v) is 7.08. The van der Waals surface area contributed by atoms with E-state index in [1.54, 1.807) is 0 Å². The van der Waals surface area contributed by atoms with Gasteiger partial charge < -0.3 is 5.73 Å². The average Bonchev–Trinajstić information content (AvgIpc) is 2.35. The number of rotatable bonds is 5. The van der Waals surface area contributed by atoms with Crippen molar-refractivity contribution in [3.63, 3.8) is 0 Å². The molecule has 0 heterocycles. The third-order valence-corrected chi connectivity index (χ3v) is 5.85. The Morgan fingerprint density at radius 3 is 2.26 bits per heavy atom. The number of nitrogens with two attached hydrogens (primary N) is 1. The molecule has 4 nitrogen and oxygen atoms in total. The van der Waals surface area contributed by atoms with E-state index in [4.69, 9.17) is 28.9 Å². The van der Waals surface area contributed by atoms with Crippen molar-refractivity contribution in [3.05, 3.63) is 22.2 Å². The van der Waals surface area contributed by atoms with Crippen LogP contribution in [0.4, 0.5) is 5.69 Å². The fraction of sp³-hybridized carbons (Fsp3) is 0.500. The molecule has 1 aromatic rings. The number of nitrogen functional groups attached to an aromatic ring is 1. The van der Waals surface area contributed by atoms with Crippen molar-refractivity contribution in [2.75, 3.05) is 5.73 Å². The van der Waals surface area contributed by atoms with Gasteiger partial charge in [0.15, 0.2) is 0 Å². The summed E-state index contributed by atoms with van der Waals surface area (Å²) in [6, 6.07) is 2.78. The summed E-state index contributed by atoms with van der Waals surface area (Å²) >= 11 is 11.8. The number of halogens is 2. The lowest BCUT2D eigenvalue weighted by Crippen LogP contribution is -2.44. The first-order valence-electron chi connectivity index (χ1n) is 5.94. The maximum Gasteiger partial charge on any atom is 0.242 e. The molecular formula is C12H18Cl2N2O2S. The van der Waals surface area contributed by atoms with Crippen molar-refractivity contribution >= 4 is 38.9 Å². The lowest BCUT2D eigenvalue weighted by Gasteiger charge is -2.28. The molecule has 0 fully saturated rings. The number of benzene rings is 1. The van der Waals surface area contributed by atoms with E-state index < -0.39 is 15.6 Å². The van der Waals surface area contributed by atoms with E-state index in [2.05, 4.69) is 4.72 Å². The van der Waals surface area contributed by atoms with Crippen LogP contribution in [0.5, 0.6) is 0 Å². The zero-order chi connectivity index (χ0) is 14.8. The Kier molecular flexibility index (Phi) is 5.12. The van der Waals surface area contributed by atoms with Gasteiger partial charge >= 0.3 is 0 Å². The molecule has 0 aromatic heterocycles. The molecule has 0 aliphatic heterocycles. The largest absolute Gasteiger partial charge is 0.396 e. The molecule has 7 heteroatoms. The van der Waals surface area contributed by atoms with Crippen LogP contribution in [0.3, 0.4) is 0 Å². The molecule has 0 saturated heterocycles. The Morgan fingerprint density at radius 1 is 1.26 bits per heavy atom. The Balaban J connectivity index is 3.26. The zero-order valence-electron chi connectivity index (χ0n) is 11.1. The third kappa shape index (κ3) is 3.54. The number of anilines is 1. The molecule has 0 amide bonds. The van der Waals surface area contributed by atoms with E-state index in [1.807, 2.05) is 20.8 Å². The number of hydrogen-bond donors (Lipinski definition) is 2. The lowest BCUT2D eigenvalue weighted by molar-refractivity contribution is 0.389. The van der Waals surface area contributed by atoms with E-state index in [1.165, 1.54) is 12.1 Å². The standard InChI is InChI=1S/C12H18Cl2N2O2S/c1-4-12(3,5-2)16-19(17,18)9-7-6-8(13)11(15)10(9)14/h6-7,16H,4-5,15H2,1-3H3. The highest BCUT2D eigenvalue weighted by molar-refractivity contribution is 7.89. The fourth-order valence-electron chi connectivity index (χ4n) is 1.53. The van der Waals surface area contributed by atoms with Crippen molar-refractivity contribution in [1.82, 2.24) is 4.72 Å². The van der Waals surface area contributed by atoms with Crippen LogP contribution in [0.2, 0.25) is 10.0 Å². The van der Waals surface area contributed by atoms with Gasteiger partial charge in [-0.25, -0.2) is 13.1 Å². The van der Waals surface area contributed by atoms with Crippen LogP contribution < -0.4 is 10.5 Å². The quantitative estimate of drug-likeness (QED) is 0.815. The maximum atomic E-state index is 12.4. The van der Waals surface area contributed by atoms with Gasteiger partial charge in [0.25, 0.3) is 0 Å². The van der Waals surface area contributed by atoms with Crippen LogP contribution in [0.1, 0.15) is 33.6 Å². The zero-order valence-corrected chi connectivity index (χ0v) is 13.5. The molecule has 0 bridgehead atoms. The normalized spacial score (nSPS) is 12.7. The minimum Gasteiger partial charge on any atom is -0.396 e. The summed E-state index contributed by atoms with van der Waals surface area (Å²) < 4.78 is 27.4. The summed E-state index contributed by atoms with van der Waals surface area (Å²) in [6.45, 7) is 5.69. The highest BCUT2D eigenvalue weighted by Gasteiger charge is 2.29. The van der Waals surface area contributed by atoms with Gasteiger partial charge in [0.05, 0.1) is 15.7 Å². The first-order valence-corrected chi connectivity index (χ1v) is 8.18. The Morgan fingerprint density at radius 2 is 1.79 bits per heavy atom. The van der Waals surface area contributed by atoms with Crippen LogP contribution in [0, 0.1) is 0 Å². The summed E-state index contributed by atoms with van der Waals surface area (Å²) in [7, 11) is -3.73. The first-order chi connectivity index (χ1) is 8.67. The highest BCUT2D eigenvalue weighted by Crippen LogP contribution is 2.33. The van der Waals surface area contributed by atoms with Crippen LogP contribution in [-0.2, 0) is 10.0 Å². The summed E-state index contributed by atoms with van der Waals surface area (Å²) in [5.41, 5.74) is 5.20. The van der Waals surface area contributed by atoms with Gasteiger partial charge in [0.2, 0.25) is 10.0 Å². The van der Waals surface area contributed by atoms with Gasteiger partial charge in [-0.3, -0.25) is 0 Å². The Labute approximate surface area is 124 Å². The minimum atomic E-state index is -3.73. The van der Waals surface area contributed by atoms with Crippen molar-refractivity contribution in [2.45, 2.75) is 44.0 Å². The van der Waals surface area contributed by atoms with Crippen molar-refractivity contribution in [2.24, 2.45) is 0 Å². The SMILES string of the molecule is CCC(C)(CC)NS(=O)(=O)c1ccc(Cl)c(N)c1Cl. The number of hydrogen-bond acceptors (Lipinski definition) is 3. The molecule has 0 aliphatic carbocycles. The predicted molar refractivity (Wildman–Crippen MR) is 80.2 cm³/mol. The molecule has 1 rings (SSSR count). The van der Waals surface area contributed by atoms with Crippen LogP contribution in [-0.4, -0.2) is 14.0 Å². The Hall–Kier alpha value is -0.490. The van der Waals surface area contributed by atoms with Gasteiger partial charge in [-0.2, -0.15) is 0 Å². The van der Waals surface area contributed by atoms with Gasteiger partial charge in [0, 0.05) is 5.54 Å². The minimum absolute atomic E-state index is 0.0467. The Bertz CT molecular complexity index is 569. The monoisotopic (exact) mass is 324 g/mol. The molecular weight excluding hydrogens is 307 g/mol. The molecule has 0 aliphatic rings. The van der Waals surface area contributed by atoms with Crippen LogP contribution in [0.25, 0.3) is 0 Å². The molecule has 0 spiro atoms. The molecule has 19 heavy (non-hydrogen) atoms.